The number of piperidine rings is 1. The van der Waals surface area contributed by atoms with Gasteiger partial charge >= 0.3 is 0 Å². The molecule has 1 aromatic heterocycles. The Morgan fingerprint density at radius 3 is 2.96 bits per heavy atom. The Morgan fingerprint density at radius 2 is 2.19 bits per heavy atom. The number of hydrogen-bond acceptors (Lipinski definition) is 2. The van der Waals surface area contributed by atoms with E-state index in [-0.39, 0.29) is 29.8 Å². The molecule has 0 amide bonds. The first-order chi connectivity index (χ1) is 12.7. The molecule has 2 heterocycles. The molecule has 1 aliphatic rings. The first kappa shape index (κ1) is 21.9. The van der Waals surface area contributed by atoms with Crippen LogP contribution in [0.25, 0.3) is 10.9 Å². The van der Waals surface area contributed by atoms with E-state index in [1.807, 2.05) is 6.20 Å². The summed E-state index contributed by atoms with van der Waals surface area (Å²) < 4.78 is 13.5. The minimum Gasteiger partial charge on any atom is -0.361 e. The number of aliphatic imine (C=N–C) groups is 1. The third kappa shape index (κ3) is 5.81. The average Bonchev–Trinajstić information content (AvgIpc) is 3.06. The summed E-state index contributed by atoms with van der Waals surface area (Å²) in [5.74, 6) is 0.634. The highest BCUT2D eigenvalue weighted by molar-refractivity contribution is 14.0. The lowest BCUT2D eigenvalue weighted by Gasteiger charge is -2.35. The first-order valence-electron chi connectivity index (χ1n) is 9.65. The van der Waals surface area contributed by atoms with Crippen LogP contribution in [0.1, 0.15) is 31.7 Å². The van der Waals surface area contributed by atoms with Gasteiger partial charge in [-0.3, -0.25) is 9.89 Å². The molecule has 7 heteroatoms. The van der Waals surface area contributed by atoms with E-state index in [1.54, 1.807) is 19.2 Å². The monoisotopic (exact) mass is 487 g/mol. The van der Waals surface area contributed by atoms with Crippen LogP contribution in [0.2, 0.25) is 0 Å². The van der Waals surface area contributed by atoms with Gasteiger partial charge < -0.3 is 15.6 Å². The fourth-order valence-electron chi connectivity index (χ4n) is 3.82. The molecular formula is C20H31FIN5. The van der Waals surface area contributed by atoms with Crippen molar-refractivity contribution in [3.63, 3.8) is 0 Å². The Kier molecular flexibility index (Phi) is 8.82. The van der Waals surface area contributed by atoms with Crippen LogP contribution in [0, 0.1) is 5.82 Å². The molecule has 3 rings (SSSR count). The summed E-state index contributed by atoms with van der Waals surface area (Å²) >= 11 is 0. The van der Waals surface area contributed by atoms with Gasteiger partial charge in [-0.2, -0.15) is 0 Å². The topological polar surface area (TPSA) is 55.4 Å². The van der Waals surface area contributed by atoms with Gasteiger partial charge in [0.15, 0.2) is 5.96 Å². The summed E-state index contributed by atoms with van der Waals surface area (Å²) in [7, 11) is 1.80. The number of hydrogen-bond donors (Lipinski definition) is 3. The number of likely N-dealkylation sites (N-methyl/N-ethyl adjacent to an activating group) is 1. The van der Waals surface area contributed by atoms with Crippen molar-refractivity contribution < 1.29 is 4.39 Å². The highest BCUT2D eigenvalue weighted by atomic mass is 127. The number of guanidine groups is 1. The lowest BCUT2D eigenvalue weighted by Crippen LogP contribution is -2.49. The van der Waals surface area contributed by atoms with Crippen LogP contribution >= 0.6 is 24.0 Å². The lowest BCUT2D eigenvalue weighted by atomic mass is 10.0. The molecule has 150 valence electrons. The summed E-state index contributed by atoms with van der Waals surface area (Å²) in [6, 6.07) is 5.45. The number of halogens is 2. The Labute approximate surface area is 178 Å². The molecule has 1 aromatic carbocycles. The van der Waals surface area contributed by atoms with Gasteiger partial charge in [-0.05, 0) is 56.1 Å². The Hall–Kier alpha value is -1.35. The zero-order valence-electron chi connectivity index (χ0n) is 16.2. The highest BCUT2D eigenvalue weighted by Crippen LogP contribution is 2.19. The van der Waals surface area contributed by atoms with Gasteiger partial charge in [-0.15, -0.1) is 24.0 Å². The molecule has 1 saturated heterocycles. The van der Waals surface area contributed by atoms with Crippen molar-refractivity contribution in [2.45, 2.75) is 38.6 Å². The van der Waals surface area contributed by atoms with Crippen LogP contribution in [0.5, 0.6) is 0 Å². The summed E-state index contributed by atoms with van der Waals surface area (Å²) in [6.07, 6.45) is 6.64. The van der Waals surface area contributed by atoms with Crippen molar-refractivity contribution in [1.29, 1.82) is 0 Å². The summed E-state index contributed by atoms with van der Waals surface area (Å²) in [5.41, 5.74) is 2.09. The van der Waals surface area contributed by atoms with Gasteiger partial charge in [-0.25, -0.2) is 4.39 Å². The highest BCUT2D eigenvalue weighted by Gasteiger charge is 2.20. The summed E-state index contributed by atoms with van der Waals surface area (Å²) in [5, 5.41) is 7.79. The van der Waals surface area contributed by atoms with Gasteiger partial charge in [0.1, 0.15) is 5.82 Å². The second-order valence-corrected chi connectivity index (χ2v) is 6.91. The van der Waals surface area contributed by atoms with Gasteiger partial charge in [0.25, 0.3) is 0 Å². The molecular weight excluding hydrogens is 456 g/mol. The quantitative estimate of drug-likeness (QED) is 0.332. The number of benzene rings is 1. The van der Waals surface area contributed by atoms with Gasteiger partial charge in [-0.1, -0.05) is 13.3 Å². The van der Waals surface area contributed by atoms with Crippen LogP contribution in [-0.2, 0) is 6.42 Å². The van der Waals surface area contributed by atoms with E-state index < -0.39 is 0 Å². The second kappa shape index (κ2) is 10.8. The fraction of sp³-hybridized carbons (Fsp3) is 0.550. The van der Waals surface area contributed by atoms with Crippen molar-refractivity contribution >= 4 is 40.8 Å². The number of H-pyrrole nitrogens is 1. The van der Waals surface area contributed by atoms with E-state index in [1.165, 1.54) is 31.9 Å². The number of aromatic amines is 1. The van der Waals surface area contributed by atoms with Crippen LogP contribution in [0.3, 0.4) is 0 Å². The predicted octanol–water partition coefficient (Wildman–Crippen LogP) is 3.51. The molecule has 0 radical (unpaired) electrons. The minimum atomic E-state index is -0.197. The molecule has 0 saturated carbocycles. The lowest BCUT2D eigenvalue weighted by molar-refractivity contribution is 0.157. The number of fused-ring (bicyclic) bond motifs is 1. The Bertz CT molecular complexity index is 745. The maximum absolute atomic E-state index is 13.5. The van der Waals surface area contributed by atoms with Crippen LogP contribution in [0.15, 0.2) is 29.4 Å². The third-order valence-corrected chi connectivity index (χ3v) is 5.30. The fourth-order valence-corrected chi connectivity index (χ4v) is 3.82. The van der Waals surface area contributed by atoms with E-state index in [2.05, 4.69) is 32.4 Å². The van der Waals surface area contributed by atoms with Crippen molar-refractivity contribution in [1.82, 2.24) is 20.5 Å². The molecule has 1 unspecified atom stereocenters. The normalized spacial score (nSPS) is 18.3. The number of rotatable bonds is 6. The summed E-state index contributed by atoms with van der Waals surface area (Å²) in [4.78, 5) is 10.1. The summed E-state index contributed by atoms with van der Waals surface area (Å²) in [6.45, 7) is 6.22. The largest absolute Gasteiger partial charge is 0.361 e. The molecule has 1 atom stereocenters. The van der Waals surface area contributed by atoms with Crippen LogP contribution < -0.4 is 10.6 Å². The smallest absolute Gasteiger partial charge is 0.191 e. The van der Waals surface area contributed by atoms with Crippen LogP contribution in [0.4, 0.5) is 4.39 Å². The van der Waals surface area contributed by atoms with E-state index in [0.717, 1.165) is 48.5 Å². The molecule has 0 spiro atoms. The number of aromatic nitrogens is 1. The number of nitrogens with one attached hydrogen (secondary N) is 3. The Morgan fingerprint density at radius 1 is 1.33 bits per heavy atom. The SMILES string of the molecule is CCN1CCCCC1CNC(=NC)NCCc1c[nH]c2ccc(F)cc12.I. The zero-order chi connectivity index (χ0) is 18.4. The van der Waals surface area contributed by atoms with Gasteiger partial charge in [0.05, 0.1) is 0 Å². The van der Waals surface area contributed by atoms with Gasteiger partial charge in [0.2, 0.25) is 0 Å². The first-order valence-corrected chi connectivity index (χ1v) is 9.65. The third-order valence-electron chi connectivity index (χ3n) is 5.30. The van der Waals surface area contributed by atoms with Crippen molar-refractivity contribution in [2.75, 3.05) is 33.2 Å². The molecule has 1 aliphatic heterocycles. The maximum atomic E-state index is 13.5. The van der Waals surface area contributed by atoms with Crippen molar-refractivity contribution in [3.05, 3.63) is 35.8 Å². The standard InChI is InChI=1S/C20H30FN5.HI/c1-3-26-11-5-4-6-17(26)14-25-20(22-2)23-10-9-15-13-24-19-8-7-16(21)12-18(15)19;/h7-8,12-13,17,24H,3-6,9-11,14H2,1-2H3,(H2,22,23,25);1H. The minimum absolute atomic E-state index is 0. The van der Waals surface area contributed by atoms with E-state index in [0.29, 0.717) is 6.04 Å². The molecule has 0 aliphatic carbocycles. The molecule has 27 heavy (non-hydrogen) atoms. The Balaban J connectivity index is 0.00000261. The second-order valence-electron chi connectivity index (χ2n) is 6.91. The van der Waals surface area contributed by atoms with Crippen molar-refractivity contribution in [2.24, 2.45) is 4.99 Å². The predicted molar refractivity (Wildman–Crippen MR) is 122 cm³/mol. The van der Waals surface area contributed by atoms with Crippen LogP contribution in [-0.4, -0.2) is 55.1 Å². The van der Waals surface area contributed by atoms with E-state index >= 15 is 0 Å². The van der Waals surface area contributed by atoms with E-state index in [9.17, 15) is 4.39 Å². The molecule has 3 N–H and O–H groups in total. The van der Waals surface area contributed by atoms with Crippen molar-refractivity contribution in [3.8, 4) is 0 Å². The number of likely N-dealkylation sites (tertiary alicyclic amines) is 1. The zero-order valence-corrected chi connectivity index (χ0v) is 18.6. The molecule has 1 fully saturated rings. The maximum Gasteiger partial charge on any atom is 0.191 e. The van der Waals surface area contributed by atoms with Gasteiger partial charge in [0, 0.05) is 43.3 Å². The average molecular weight is 487 g/mol. The molecule has 5 nitrogen and oxygen atoms in total. The molecule has 0 bridgehead atoms. The van der Waals surface area contributed by atoms with E-state index in [4.69, 9.17) is 0 Å². The number of nitrogens with zero attached hydrogens (tertiary/aromatic N) is 2. The molecule has 2 aromatic rings.